The lowest BCUT2D eigenvalue weighted by atomic mass is 10.1. The Bertz CT molecular complexity index is 1100. The van der Waals surface area contributed by atoms with Crippen LogP contribution in [-0.2, 0) is 13.1 Å². The highest BCUT2D eigenvalue weighted by Gasteiger charge is 2.33. The summed E-state index contributed by atoms with van der Waals surface area (Å²) in [5, 5.41) is 8.88. The van der Waals surface area contributed by atoms with E-state index in [4.69, 9.17) is 10.00 Å². The van der Waals surface area contributed by atoms with Gasteiger partial charge in [-0.2, -0.15) is 14.9 Å². The van der Waals surface area contributed by atoms with Gasteiger partial charge >= 0.3 is 11.7 Å². The first-order valence-corrected chi connectivity index (χ1v) is 8.24. The number of methoxy groups -OCH3 is 1. The maximum absolute atomic E-state index is 12.9. The molecule has 0 aliphatic carbocycles. The summed E-state index contributed by atoms with van der Waals surface area (Å²) >= 11 is 0. The minimum absolute atomic E-state index is 0.194. The number of hydrogen-bond acceptors (Lipinski definition) is 5. The fourth-order valence-electron chi connectivity index (χ4n) is 3.04. The smallest absolute Gasteiger partial charge is 0.364 e. The van der Waals surface area contributed by atoms with Crippen molar-refractivity contribution in [2.45, 2.75) is 13.1 Å². The van der Waals surface area contributed by atoms with Crippen molar-refractivity contribution in [1.29, 1.82) is 5.26 Å². The SMILES string of the molecule is COc1ccc(N2Cc3nc(=O)n(Cc4ccc(C#N)cc4)n3C2=O)cc1. The summed E-state index contributed by atoms with van der Waals surface area (Å²) in [6, 6.07) is 15.7. The van der Waals surface area contributed by atoms with Gasteiger partial charge in [-0.3, -0.25) is 4.90 Å². The maximum Gasteiger partial charge on any atom is 0.364 e. The Kier molecular flexibility index (Phi) is 3.97. The molecule has 1 aliphatic heterocycles. The van der Waals surface area contributed by atoms with E-state index < -0.39 is 5.69 Å². The van der Waals surface area contributed by atoms with Crippen molar-refractivity contribution in [1.82, 2.24) is 14.3 Å². The topological polar surface area (TPSA) is 93.2 Å². The monoisotopic (exact) mass is 361 g/mol. The summed E-state index contributed by atoms with van der Waals surface area (Å²) in [7, 11) is 1.58. The number of nitrogens with zero attached hydrogens (tertiary/aromatic N) is 5. The second-order valence-electron chi connectivity index (χ2n) is 6.06. The van der Waals surface area contributed by atoms with Gasteiger partial charge < -0.3 is 4.74 Å². The number of fused-ring (bicyclic) bond motifs is 1. The molecule has 4 rings (SSSR count). The standard InChI is InChI=1S/C19H15N5O3/c1-27-16-8-6-15(7-9-16)22-12-17-21-18(25)23(24(17)19(22)26)11-14-4-2-13(10-20)3-5-14/h2-9H,11-12H2,1H3. The molecule has 0 bridgehead atoms. The fourth-order valence-corrected chi connectivity index (χ4v) is 3.04. The Labute approximate surface area is 154 Å². The Morgan fingerprint density at radius 2 is 1.81 bits per heavy atom. The van der Waals surface area contributed by atoms with E-state index in [0.29, 0.717) is 22.8 Å². The van der Waals surface area contributed by atoms with Crippen LogP contribution in [0.15, 0.2) is 53.3 Å². The molecule has 0 N–H and O–H groups in total. The number of carbonyl (C=O) groups is 1. The number of aromatic nitrogens is 3. The highest BCUT2D eigenvalue weighted by molar-refractivity contribution is 5.95. The third kappa shape index (κ3) is 2.85. The number of ether oxygens (including phenoxy) is 1. The highest BCUT2D eigenvalue weighted by Crippen LogP contribution is 2.25. The van der Waals surface area contributed by atoms with Crippen LogP contribution in [0.25, 0.3) is 0 Å². The minimum atomic E-state index is -0.475. The van der Waals surface area contributed by atoms with Gasteiger partial charge in [0.1, 0.15) is 5.75 Å². The van der Waals surface area contributed by atoms with Crippen molar-refractivity contribution in [2.24, 2.45) is 0 Å². The molecule has 27 heavy (non-hydrogen) atoms. The van der Waals surface area contributed by atoms with Gasteiger partial charge in [0.15, 0.2) is 5.82 Å². The first-order valence-electron chi connectivity index (χ1n) is 8.24. The van der Waals surface area contributed by atoms with Crippen LogP contribution >= 0.6 is 0 Å². The first-order chi connectivity index (χ1) is 13.1. The molecule has 2 aromatic carbocycles. The zero-order valence-electron chi connectivity index (χ0n) is 14.5. The van der Waals surface area contributed by atoms with Gasteiger partial charge in [0.2, 0.25) is 0 Å². The lowest BCUT2D eigenvalue weighted by molar-refractivity contribution is 0.244. The van der Waals surface area contributed by atoms with Crippen molar-refractivity contribution in [3.05, 3.63) is 76.0 Å². The molecule has 1 amide bonds. The summed E-state index contributed by atoms with van der Waals surface area (Å²) in [6.45, 7) is 0.417. The van der Waals surface area contributed by atoms with E-state index in [-0.39, 0.29) is 19.1 Å². The molecule has 1 aliphatic rings. The normalized spacial score (nSPS) is 12.7. The van der Waals surface area contributed by atoms with E-state index in [1.807, 2.05) is 6.07 Å². The molecular weight excluding hydrogens is 346 g/mol. The highest BCUT2D eigenvalue weighted by atomic mass is 16.5. The van der Waals surface area contributed by atoms with Crippen LogP contribution in [0.1, 0.15) is 17.0 Å². The van der Waals surface area contributed by atoms with Crippen LogP contribution in [0, 0.1) is 11.3 Å². The lowest BCUT2D eigenvalue weighted by Crippen LogP contribution is -2.34. The van der Waals surface area contributed by atoms with Crippen molar-refractivity contribution in [3.8, 4) is 11.8 Å². The molecule has 8 nitrogen and oxygen atoms in total. The second kappa shape index (κ2) is 6.46. The van der Waals surface area contributed by atoms with Crippen LogP contribution < -0.4 is 15.3 Å². The van der Waals surface area contributed by atoms with Crippen LogP contribution in [0.3, 0.4) is 0 Å². The average molecular weight is 361 g/mol. The zero-order chi connectivity index (χ0) is 19.0. The largest absolute Gasteiger partial charge is 0.497 e. The summed E-state index contributed by atoms with van der Waals surface area (Å²) < 4.78 is 7.76. The average Bonchev–Trinajstić information content (AvgIpc) is 3.18. The number of rotatable bonds is 4. The van der Waals surface area contributed by atoms with E-state index in [1.165, 1.54) is 9.36 Å². The Morgan fingerprint density at radius 3 is 2.44 bits per heavy atom. The summed E-state index contributed by atoms with van der Waals surface area (Å²) in [5.41, 5.74) is 1.56. The van der Waals surface area contributed by atoms with Crippen molar-refractivity contribution >= 4 is 11.7 Å². The van der Waals surface area contributed by atoms with Crippen LogP contribution in [0.5, 0.6) is 5.75 Å². The lowest BCUT2D eigenvalue weighted by Gasteiger charge is -2.16. The quantitative estimate of drug-likeness (QED) is 0.708. The van der Waals surface area contributed by atoms with E-state index >= 15 is 0 Å². The molecule has 1 aromatic heterocycles. The summed E-state index contributed by atoms with van der Waals surface area (Å²) in [4.78, 5) is 30.7. The third-order valence-corrected chi connectivity index (χ3v) is 4.44. The second-order valence-corrected chi connectivity index (χ2v) is 6.06. The number of carbonyl (C=O) groups excluding carboxylic acids is 1. The van der Waals surface area contributed by atoms with Crippen LogP contribution in [0.2, 0.25) is 0 Å². The Hall–Kier alpha value is -3.86. The van der Waals surface area contributed by atoms with Crippen molar-refractivity contribution in [2.75, 3.05) is 12.0 Å². The van der Waals surface area contributed by atoms with E-state index in [2.05, 4.69) is 4.98 Å². The minimum Gasteiger partial charge on any atom is -0.497 e. The Morgan fingerprint density at radius 1 is 1.11 bits per heavy atom. The molecule has 0 saturated carbocycles. The van der Waals surface area contributed by atoms with Crippen molar-refractivity contribution < 1.29 is 9.53 Å². The molecular formula is C19H15N5O3. The van der Waals surface area contributed by atoms with Crippen LogP contribution in [-0.4, -0.2) is 27.5 Å². The summed E-state index contributed by atoms with van der Waals surface area (Å²) in [5.74, 6) is 1.09. The van der Waals surface area contributed by atoms with Gasteiger partial charge in [-0.15, -0.1) is 0 Å². The maximum atomic E-state index is 12.9. The zero-order valence-corrected chi connectivity index (χ0v) is 14.5. The van der Waals surface area contributed by atoms with Gasteiger partial charge in [-0.05, 0) is 42.0 Å². The van der Waals surface area contributed by atoms with Gasteiger partial charge in [-0.1, -0.05) is 12.1 Å². The number of nitriles is 1. The molecule has 0 atom stereocenters. The van der Waals surface area contributed by atoms with E-state index in [9.17, 15) is 9.59 Å². The van der Waals surface area contributed by atoms with Gasteiger partial charge in [0, 0.05) is 5.69 Å². The number of anilines is 1. The fraction of sp³-hybridized carbons (Fsp3) is 0.158. The molecule has 8 heteroatoms. The predicted molar refractivity (Wildman–Crippen MR) is 96.7 cm³/mol. The molecule has 0 radical (unpaired) electrons. The van der Waals surface area contributed by atoms with Crippen molar-refractivity contribution in [3.63, 3.8) is 0 Å². The molecule has 0 fully saturated rings. The van der Waals surface area contributed by atoms with E-state index in [1.54, 1.807) is 60.5 Å². The van der Waals surface area contributed by atoms with Gasteiger partial charge in [-0.25, -0.2) is 14.3 Å². The predicted octanol–water partition coefficient (Wildman–Crippen LogP) is 1.96. The molecule has 0 saturated heterocycles. The molecule has 0 spiro atoms. The van der Waals surface area contributed by atoms with Gasteiger partial charge in [0.05, 0.1) is 31.8 Å². The number of hydrogen-bond donors (Lipinski definition) is 0. The Balaban J connectivity index is 1.64. The summed E-state index contributed by atoms with van der Waals surface area (Å²) in [6.07, 6.45) is 0. The molecule has 2 heterocycles. The molecule has 134 valence electrons. The van der Waals surface area contributed by atoms with E-state index in [0.717, 1.165) is 5.56 Å². The van der Waals surface area contributed by atoms with Crippen LogP contribution in [0.4, 0.5) is 10.5 Å². The molecule has 0 unspecified atom stereocenters. The molecule has 3 aromatic rings. The number of amides is 1. The number of benzene rings is 2. The van der Waals surface area contributed by atoms with Gasteiger partial charge in [0.25, 0.3) is 0 Å². The third-order valence-electron chi connectivity index (χ3n) is 4.44. The first kappa shape index (κ1) is 16.6.